The molecule has 0 saturated carbocycles. The van der Waals surface area contributed by atoms with Crippen molar-refractivity contribution in [1.82, 2.24) is 0 Å². The highest BCUT2D eigenvalue weighted by Crippen LogP contribution is 2.24. The summed E-state index contributed by atoms with van der Waals surface area (Å²) in [6.45, 7) is 2.05. The number of ether oxygens (including phenoxy) is 2. The van der Waals surface area contributed by atoms with E-state index in [2.05, 4.69) is 0 Å². The van der Waals surface area contributed by atoms with E-state index in [1.165, 1.54) is 18.4 Å². The third kappa shape index (κ3) is 3.68. The number of hydrogen-bond acceptors (Lipinski definition) is 4. The van der Waals surface area contributed by atoms with E-state index in [0.717, 1.165) is 0 Å². The molecule has 0 bridgehead atoms. The van der Waals surface area contributed by atoms with Gasteiger partial charge in [0.1, 0.15) is 31.6 Å². The summed E-state index contributed by atoms with van der Waals surface area (Å²) in [5.74, 6) is -0.268. The number of fused-ring (bicyclic) bond motifs is 1. The molecule has 0 saturated heterocycles. The van der Waals surface area contributed by atoms with Crippen LogP contribution in [-0.2, 0) is 22.6 Å². The molecule has 0 fully saturated rings. The first kappa shape index (κ1) is 17.1. The maximum Gasteiger partial charge on any atom is 0.310 e. The Labute approximate surface area is 145 Å². The fourth-order valence-electron chi connectivity index (χ4n) is 2.61. The molecule has 126 valence electrons. The normalized spacial score (nSPS) is 10.8. The summed E-state index contributed by atoms with van der Waals surface area (Å²) < 4.78 is 30.4. The molecule has 3 aromatic rings. The number of rotatable bonds is 6. The van der Waals surface area contributed by atoms with Gasteiger partial charge in [0.05, 0.1) is 24.7 Å². The van der Waals surface area contributed by atoms with Crippen LogP contribution in [0.3, 0.4) is 0 Å². The highest BCUT2D eigenvalue weighted by atomic mass is 19.1. The second-order valence-corrected chi connectivity index (χ2v) is 5.48. The third-order valence-corrected chi connectivity index (χ3v) is 3.77. The van der Waals surface area contributed by atoms with Crippen molar-refractivity contribution in [1.29, 1.82) is 0 Å². The first-order chi connectivity index (χ1) is 12.1. The number of halogens is 1. The van der Waals surface area contributed by atoms with Gasteiger partial charge in [-0.3, -0.25) is 4.79 Å². The van der Waals surface area contributed by atoms with Crippen LogP contribution in [-0.4, -0.2) is 20.4 Å². The van der Waals surface area contributed by atoms with Gasteiger partial charge in [-0.2, -0.15) is 0 Å². The van der Waals surface area contributed by atoms with Crippen LogP contribution in [0, 0.1) is 5.82 Å². The van der Waals surface area contributed by atoms with Gasteiger partial charge in [-0.15, -0.1) is 0 Å². The molecule has 2 radical (unpaired) electrons. The average Bonchev–Trinajstić information content (AvgIpc) is 3.09. The van der Waals surface area contributed by atoms with E-state index < -0.39 is 5.82 Å². The number of carbonyl (C=O) groups is 1. The molecule has 3 rings (SSSR count). The van der Waals surface area contributed by atoms with Crippen molar-refractivity contribution < 1.29 is 23.1 Å². The number of benzene rings is 2. The van der Waals surface area contributed by atoms with Crippen LogP contribution in [0.4, 0.5) is 4.39 Å². The molecule has 0 aliphatic heterocycles. The molecule has 0 aliphatic rings. The lowest BCUT2D eigenvalue weighted by atomic mass is 9.92. The fraction of sp³-hybridized carbons (Fsp3) is 0.211. The number of hydrogen-bond donors (Lipinski definition) is 0. The van der Waals surface area contributed by atoms with Crippen molar-refractivity contribution in [2.24, 2.45) is 0 Å². The van der Waals surface area contributed by atoms with Crippen LogP contribution in [0.1, 0.15) is 18.1 Å². The second kappa shape index (κ2) is 7.42. The third-order valence-electron chi connectivity index (χ3n) is 3.77. The highest BCUT2D eigenvalue weighted by Gasteiger charge is 2.14. The van der Waals surface area contributed by atoms with Gasteiger partial charge in [0.25, 0.3) is 0 Å². The Morgan fingerprint density at radius 3 is 2.84 bits per heavy atom. The summed E-state index contributed by atoms with van der Waals surface area (Å²) in [5.41, 5.74) is 1.67. The molecular weight excluding hydrogens is 322 g/mol. The number of esters is 1. The summed E-state index contributed by atoms with van der Waals surface area (Å²) in [5, 5.41) is 0.318. The summed E-state index contributed by atoms with van der Waals surface area (Å²) in [7, 11) is 5.89. The Hall–Kier alpha value is -2.76. The van der Waals surface area contributed by atoms with Gasteiger partial charge in [0.2, 0.25) is 0 Å². The largest absolute Gasteiger partial charge is 0.488 e. The van der Waals surface area contributed by atoms with Crippen LogP contribution in [0.25, 0.3) is 11.0 Å². The molecule has 0 atom stereocenters. The van der Waals surface area contributed by atoms with Crippen molar-refractivity contribution >= 4 is 30.2 Å². The lowest BCUT2D eigenvalue weighted by molar-refractivity contribution is -0.142. The van der Waals surface area contributed by atoms with Gasteiger partial charge >= 0.3 is 5.97 Å². The maximum absolute atomic E-state index is 14.5. The molecule has 1 aromatic heterocycles. The molecule has 0 spiro atoms. The fourth-order valence-corrected chi connectivity index (χ4v) is 2.61. The zero-order valence-corrected chi connectivity index (χ0v) is 13.8. The van der Waals surface area contributed by atoms with E-state index in [1.807, 2.05) is 0 Å². The molecular formula is C19H16BFO4. The Bertz CT molecular complexity index is 904. The molecule has 0 amide bonds. The summed E-state index contributed by atoms with van der Waals surface area (Å²) in [4.78, 5) is 11.7. The predicted octanol–water partition coefficient (Wildman–Crippen LogP) is 3.05. The van der Waals surface area contributed by atoms with E-state index in [1.54, 1.807) is 31.2 Å². The van der Waals surface area contributed by atoms with Gasteiger partial charge in [0.15, 0.2) is 0 Å². The van der Waals surface area contributed by atoms with Crippen molar-refractivity contribution in [2.45, 2.75) is 20.0 Å². The lowest BCUT2D eigenvalue weighted by Crippen LogP contribution is -2.11. The number of carbonyl (C=O) groups excluding carboxylic acids is 1. The zero-order valence-electron chi connectivity index (χ0n) is 13.8. The van der Waals surface area contributed by atoms with Crippen LogP contribution in [0.2, 0.25) is 0 Å². The van der Waals surface area contributed by atoms with E-state index >= 15 is 0 Å². The summed E-state index contributed by atoms with van der Waals surface area (Å²) in [6.07, 6.45) is 1.48. The van der Waals surface area contributed by atoms with Gasteiger partial charge in [-0.05, 0) is 19.1 Å². The molecule has 0 aliphatic carbocycles. The van der Waals surface area contributed by atoms with E-state index in [4.69, 9.17) is 21.7 Å². The number of furan rings is 1. The van der Waals surface area contributed by atoms with Gasteiger partial charge in [0, 0.05) is 11.1 Å². The first-order valence-electron chi connectivity index (χ1n) is 7.90. The standard InChI is InChI=1S/C19H16BFO4/c1-2-23-17(22)10-12-5-3-4-6-16(12)25-11-13-9-15(20)19-14(18(13)21)7-8-24-19/h3-9H,2,10-11H2,1H3. The van der Waals surface area contributed by atoms with E-state index in [-0.39, 0.29) is 19.0 Å². The van der Waals surface area contributed by atoms with Crippen molar-refractivity contribution in [3.63, 3.8) is 0 Å². The van der Waals surface area contributed by atoms with E-state index in [9.17, 15) is 9.18 Å². The van der Waals surface area contributed by atoms with Crippen molar-refractivity contribution in [2.75, 3.05) is 6.61 Å². The molecule has 4 nitrogen and oxygen atoms in total. The highest BCUT2D eigenvalue weighted by molar-refractivity contribution is 6.38. The Morgan fingerprint density at radius 2 is 2.04 bits per heavy atom. The summed E-state index contributed by atoms with van der Waals surface area (Å²) >= 11 is 0. The molecule has 0 N–H and O–H groups in total. The van der Waals surface area contributed by atoms with Gasteiger partial charge < -0.3 is 13.9 Å². The molecule has 2 aromatic carbocycles. The lowest BCUT2D eigenvalue weighted by Gasteiger charge is -2.12. The monoisotopic (exact) mass is 338 g/mol. The van der Waals surface area contributed by atoms with Gasteiger partial charge in [-0.25, -0.2) is 4.39 Å². The minimum Gasteiger partial charge on any atom is -0.488 e. The topological polar surface area (TPSA) is 48.7 Å². The quantitative estimate of drug-likeness (QED) is 0.512. The molecule has 1 heterocycles. The summed E-state index contributed by atoms with van der Waals surface area (Å²) in [6, 6.07) is 10.1. The van der Waals surface area contributed by atoms with E-state index in [0.29, 0.717) is 39.9 Å². The molecule has 25 heavy (non-hydrogen) atoms. The zero-order chi connectivity index (χ0) is 17.8. The van der Waals surface area contributed by atoms with Crippen LogP contribution >= 0.6 is 0 Å². The van der Waals surface area contributed by atoms with Crippen LogP contribution < -0.4 is 10.2 Å². The van der Waals surface area contributed by atoms with Crippen LogP contribution in [0.5, 0.6) is 5.75 Å². The van der Waals surface area contributed by atoms with Crippen molar-refractivity contribution in [3.8, 4) is 5.75 Å². The first-order valence-corrected chi connectivity index (χ1v) is 7.90. The minimum atomic E-state index is -0.430. The SMILES string of the molecule is [B]c1cc(COc2ccccc2CC(=O)OCC)c(F)c2ccoc12. The Balaban J connectivity index is 1.80. The van der Waals surface area contributed by atoms with Gasteiger partial charge in [-0.1, -0.05) is 29.7 Å². The van der Waals surface area contributed by atoms with Crippen molar-refractivity contribution in [3.05, 3.63) is 59.6 Å². The minimum absolute atomic E-state index is 0.0169. The predicted molar refractivity (Wildman–Crippen MR) is 92.7 cm³/mol. The Morgan fingerprint density at radius 1 is 1.24 bits per heavy atom. The smallest absolute Gasteiger partial charge is 0.310 e. The maximum atomic E-state index is 14.5. The second-order valence-electron chi connectivity index (χ2n) is 5.48. The van der Waals surface area contributed by atoms with Crippen LogP contribution in [0.15, 0.2) is 47.1 Å². The number of para-hydroxylation sites is 1. The average molecular weight is 338 g/mol. The Kier molecular flexibility index (Phi) is 5.07. The molecule has 0 unspecified atom stereocenters. The molecule has 6 heteroatoms.